The molecule has 17 heavy (non-hydrogen) atoms. The molecule has 1 rings (SSSR count). The van der Waals surface area contributed by atoms with E-state index in [-0.39, 0.29) is 0 Å². The van der Waals surface area contributed by atoms with Crippen molar-refractivity contribution >= 4 is 24.7 Å². The third kappa shape index (κ3) is 5.37. The summed E-state index contributed by atoms with van der Waals surface area (Å²) in [5.41, 5.74) is 0.932. The summed E-state index contributed by atoms with van der Waals surface area (Å²) < 4.78 is 10.7. The van der Waals surface area contributed by atoms with Crippen molar-refractivity contribution in [1.82, 2.24) is 10.2 Å². The highest BCUT2D eigenvalue weighted by Crippen LogP contribution is 2.43. The number of hydrogen-bond acceptors (Lipinski definition) is 5. The first-order chi connectivity index (χ1) is 8.20. The van der Waals surface area contributed by atoms with Gasteiger partial charge in [-0.25, -0.2) is 5.20 Å². The van der Waals surface area contributed by atoms with Crippen molar-refractivity contribution in [2.45, 2.75) is 13.8 Å². The van der Waals surface area contributed by atoms with Gasteiger partial charge in [-0.2, -0.15) is 5.10 Å². The summed E-state index contributed by atoms with van der Waals surface area (Å²) in [6.07, 6.45) is 5.05. The molecule has 1 N–H and O–H groups in total. The SMILES string of the molecule is CCOP(=S)(NN=Cc1ccncc1)OCC. The maximum atomic E-state index is 5.37. The van der Waals surface area contributed by atoms with Crippen LogP contribution in [0.25, 0.3) is 0 Å². The van der Waals surface area contributed by atoms with Crippen LogP contribution in [0, 0.1) is 0 Å². The Morgan fingerprint density at radius 2 is 1.94 bits per heavy atom. The molecule has 0 aliphatic heterocycles. The summed E-state index contributed by atoms with van der Waals surface area (Å²) in [6.45, 7) is 2.24. The van der Waals surface area contributed by atoms with Gasteiger partial charge in [0.15, 0.2) is 0 Å². The fourth-order valence-corrected chi connectivity index (χ4v) is 2.90. The molecule has 0 atom stereocenters. The fraction of sp³-hybridized carbons (Fsp3) is 0.400. The molecule has 0 saturated heterocycles. The van der Waals surface area contributed by atoms with Gasteiger partial charge in [-0.3, -0.25) is 4.98 Å². The zero-order valence-electron chi connectivity index (χ0n) is 9.87. The lowest BCUT2D eigenvalue weighted by Gasteiger charge is -2.19. The second kappa shape index (κ2) is 7.50. The summed E-state index contributed by atoms with van der Waals surface area (Å²) in [4.78, 5) is 3.92. The van der Waals surface area contributed by atoms with Crippen LogP contribution < -0.4 is 5.20 Å². The molecule has 7 heteroatoms. The van der Waals surface area contributed by atoms with Crippen molar-refractivity contribution in [3.8, 4) is 0 Å². The molecular formula is C10H16N3O2PS. The molecular weight excluding hydrogens is 257 g/mol. The van der Waals surface area contributed by atoms with Gasteiger partial charge in [0.1, 0.15) is 0 Å². The lowest BCUT2D eigenvalue weighted by molar-refractivity contribution is 0.259. The highest BCUT2D eigenvalue weighted by molar-refractivity contribution is 8.08. The van der Waals surface area contributed by atoms with Crippen LogP contribution >= 0.6 is 6.64 Å². The van der Waals surface area contributed by atoms with Gasteiger partial charge in [-0.05, 0) is 43.4 Å². The monoisotopic (exact) mass is 273 g/mol. The molecule has 0 saturated carbocycles. The number of rotatable bonds is 7. The van der Waals surface area contributed by atoms with E-state index in [2.05, 4.69) is 15.3 Å². The third-order valence-electron chi connectivity index (χ3n) is 1.70. The van der Waals surface area contributed by atoms with Crippen LogP contribution in [-0.4, -0.2) is 24.4 Å². The molecule has 0 amide bonds. The van der Waals surface area contributed by atoms with Gasteiger partial charge in [-0.1, -0.05) is 0 Å². The molecule has 1 aromatic heterocycles. The van der Waals surface area contributed by atoms with E-state index in [4.69, 9.17) is 20.9 Å². The molecule has 0 fully saturated rings. The predicted octanol–water partition coefficient (Wildman–Crippen LogP) is 2.30. The topological polar surface area (TPSA) is 55.7 Å². The zero-order chi connectivity index (χ0) is 12.6. The van der Waals surface area contributed by atoms with Crippen LogP contribution in [-0.2, 0) is 20.9 Å². The first-order valence-electron chi connectivity index (χ1n) is 5.29. The number of nitrogens with one attached hydrogen (secondary N) is 1. The van der Waals surface area contributed by atoms with Gasteiger partial charge in [-0.15, -0.1) is 0 Å². The van der Waals surface area contributed by atoms with Gasteiger partial charge in [0.25, 0.3) is 0 Å². The lowest BCUT2D eigenvalue weighted by atomic mass is 10.3. The summed E-state index contributed by atoms with van der Waals surface area (Å²) in [7, 11) is 0. The number of hydrazone groups is 1. The van der Waals surface area contributed by atoms with Crippen LogP contribution in [0.15, 0.2) is 29.6 Å². The van der Waals surface area contributed by atoms with Gasteiger partial charge < -0.3 is 9.05 Å². The van der Waals surface area contributed by atoms with E-state index in [1.807, 2.05) is 26.0 Å². The van der Waals surface area contributed by atoms with E-state index >= 15 is 0 Å². The summed E-state index contributed by atoms with van der Waals surface area (Å²) >= 11 is 5.25. The van der Waals surface area contributed by atoms with E-state index in [9.17, 15) is 0 Å². The Morgan fingerprint density at radius 3 is 2.47 bits per heavy atom. The Labute approximate surface area is 106 Å². The lowest BCUT2D eigenvalue weighted by Crippen LogP contribution is -2.09. The van der Waals surface area contributed by atoms with Crippen LogP contribution in [0.2, 0.25) is 0 Å². The predicted molar refractivity (Wildman–Crippen MR) is 72.5 cm³/mol. The van der Waals surface area contributed by atoms with E-state index < -0.39 is 6.64 Å². The minimum atomic E-state index is -2.49. The van der Waals surface area contributed by atoms with Gasteiger partial charge in [0.2, 0.25) is 0 Å². The minimum absolute atomic E-state index is 0.495. The van der Waals surface area contributed by atoms with Gasteiger partial charge >= 0.3 is 6.64 Å². The molecule has 1 heterocycles. The Kier molecular flexibility index (Phi) is 6.29. The Bertz CT molecular complexity index is 390. The second-order valence-corrected chi connectivity index (χ2v) is 6.13. The molecule has 0 aliphatic rings. The minimum Gasteiger partial charge on any atom is -0.313 e. The Hall–Kier alpha value is -0.810. The maximum Gasteiger partial charge on any atom is 0.303 e. The average Bonchev–Trinajstić information content (AvgIpc) is 2.31. The van der Waals surface area contributed by atoms with Crippen molar-refractivity contribution < 1.29 is 9.05 Å². The average molecular weight is 273 g/mol. The summed E-state index contributed by atoms with van der Waals surface area (Å²) in [6, 6.07) is 3.69. The third-order valence-corrected chi connectivity index (χ3v) is 4.13. The standard InChI is InChI=1S/C10H16N3O2PS/c1-3-14-16(17,15-4-2)13-12-9-10-5-7-11-8-6-10/h5-9H,3-4H2,1-2H3,(H,13,17). The fourth-order valence-electron chi connectivity index (χ4n) is 1.06. The van der Waals surface area contributed by atoms with Crippen molar-refractivity contribution in [2.24, 2.45) is 5.10 Å². The summed E-state index contributed by atoms with van der Waals surface area (Å²) in [5, 5.41) is 6.82. The number of pyridine rings is 1. The molecule has 1 aromatic rings. The van der Waals surface area contributed by atoms with E-state index in [1.165, 1.54) is 0 Å². The number of aromatic nitrogens is 1. The van der Waals surface area contributed by atoms with Crippen LogP contribution in [0.4, 0.5) is 0 Å². The van der Waals surface area contributed by atoms with Crippen LogP contribution in [0.1, 0.15) is 19.4 Å². The van der Waals surface area contributed by atoms with Crippen LogP contribution in [0.3, 0.4) is 0 Å². The zero-order valence-corrected chi connectivity index (χ0v) is 11.6. The van der Waals surface area contributed by atoms with Gasteiger partial charge in [0.05, 0.1) is 19.4 Å². The number of hydrogen-bond donors (Lipinski definition) is 1. The number of nitrogens with zero attached hydrogens (tertiary/aromatic N) is 2. The molecule has 5 nitrogen and oxygen atoms in total. The molecule has 94 valence electrons. The van der Waals surface area contributed by atoms with Crippen molar-refractivity contribution in [3.05, 3.63) is 30.1 Å². The van der Waals surface area contributed by atoms with E-state index in [1.54, 1.807) is 18.6 Å². The van der Waals surface area contributed by atoms with Crippen molar-refractivity contribution in [2.75, 3.05) is 13.2 Å². The van der Waals surface area contributed by atoms with Crippen molar-refractivity contribution in [1.29, 1.82) is 0 Å². The summed E-state index contributed by atoms with van der Waals surface area (Å²) in [5.74, 6) is 0. The second-order valence-electron chi connectivity index (χ2n) is 2.97. The molecule has 0 aliphatic carbocycles. The quantitative estimate of drug-likeness (QED) is 0.469. The first kappa shape index (κ1) is 14.3. The van der Waals surface area contributed by atoms with E-state index in [0.29, 0.717) is 13.2 Å². The van der Waals surface area contributed by atoms with Gasteiger partial charge in [0, 0.05) is 12.4 Å². The Balaban J connectivity index is 2.58. The normalized spacial score (nSPS) is 11.9. The maximum absolute atomic E-state index is 5.37. The molecule has 0 unspecified atom stereocenters. The molecule has 0 spiro atoms. The van der Waals surface area contributed by atoms with Crippen molar-refractivity contribution in [3.63, 3.8) is 0 Å². The molecule has 0 radical (unpaired) electrons. The first-order valence-corrected chi connectivity index (χ1v) is 7.93. The van der Waals surface area contributed by atoms with Crippen LogP contribution in [0.5, 0.6) is 0 Å². The smallest absolute Gasteiger partial charge is 0.303 e. The highest BCUT2D eigenvalue weighted by Gasteiger charge is 2.15. The highest BCUT2D eigenvalue weighted by atomic mass is 32.5. The largest absolute Gasteiger partial charge is 0.313 e. The van der Waals surface area contributed by atoms with E-state index in [0.717, 1.165) is 5.56 Å². The molecule has 0 bridgehead atoms. The Morgan fingerprint density at radius 1 is 1.35 bits per heavy atom. The molecule has 0 aromatic carbocycles.